The average molecular weight is 338 g/mol. The Morgan fingerprint density at radius 1 is 1.04 bits per heavy atom. The fraction of sp³-hybridized carbons (Fsp3) is 0.286. The summed E-state index contributed by atoms with van der Waals surface area (Å²) in [5.74, 6) is 0.429. The van der Waals surface area contributed by atoms with Crippen LogP contribution in [0.3, 0.4) is 0 Å². The van der Waals surface area contributed by atoms with Gasteiger partial charge in [0.25, 0.3) is 0 Å². The minimum Gasteiger partial charge on any atom is -0.406 e. The van der Waals surface area contributed by atoms with Crippen LogP contribution in [0.15, 0.2) is 43.2 Å². The van der Waals surface area contributed by atoms with Crippen molar-refractivity contribution in [2.45, 2.75) is 25.7 Å². The van der Waals surface area contributed by atoms with Gasteiger partial charge in [0.15, 0.2) is 0 Å². The number of ether oxygens (including phenoxy) is 1. The Balaban J connectivity index is 1.65. The van der Waals surface area contributed by atoms with Crippen LogP contribution in [-0.4, -0.2) is 35.9 Å². The van der Waals surface area contributed by atoms with Gasteiger partial charge in [-0.15, -0.1) is 13.2 Å². The van der Waals surface area contributed by atoms with Crippen molar-refractivity contribution in [3.8, 4) is 11.4 Å². The Hall–Kier alpha value is -2.91. The summed E-state index contributed by atoms with van der Waals surface area (Å²) in [6, 6.07) is 5.47. The minimum atomic E-state index is -4.71. The zero-order chi connectivity index (χ0) is 17.0. The molecule has 0 saturated heterocycles. The van der Waals surface area contributed by atoms with E-state index in [2.05, 4.69) is 24.9 Å². The van der Waals surface area contributed by atoms with E-state index in [1.54, 1.807) is 15.7 Å². The summed E-state index contributed by atoms with van der Waals surface area (Å²) >= 11 is 0. The van der Waals surface area contributed by atoms with E-state index < -0.39 is 6.36 Å². The van der Waals surface area contributed by atoms with Crippen molar-refractivity contribution in [2.24, 2.45) is 0 Å². The molecule has 0 radical (unpaired) electrons. The fourth-order valence-electron chi connectivity index (χ4n) is 2.19. The molecule has 126 valence electrons. The molecule has 0 spiro atoms. The average Bonchev–Trinajstić information content (AvgIpc) is 3.18. The number of hydrogen-bond donors (Lipinski definition) is 0. The third kappa shape index (κ3) is 4.09. The van der Waals surface area contributed by atoms with Gasteiger partial charge in [0.2, 0.25) is 0 Å². The van der Waals surface area contributed by atoms with Crippen LogP contribution in [-0.2, 0) is 13.0 Å². The van der Waals surface area contributed by atoms with E-state index in [4.69, 9.17) is 0 Å². The lowest BCUT2D eigenvalue weighted by atomic mass is 10.2. The number of alkyl halides is 3. The standard InChI is InChI=1S/C14H13F3N6O/c15-14(16,17)24-12-5-3-11(4-6-12)23-13(19-9-21-23)2-1-7-22-10-18-8-20-22/h3-6,8-10H,1-2,7H2. The summed E-state index contributed by atoms with van der Waals surface area (Å²) in [4.78, 5) is 8.05. The van der Waals surface area contributed by atoms with E-state index in [0.29, 0.717) is 24.5 Å². The number of aromatic nitrogens is 6. The summed E-state index contributed by atoms with van der Waals surface area (Å²) in [5, 5.41) is 8.13. The first kappa shape index (κ1) is 16.0. The normalized spacial score (nSPS) is 11.6. The van der Waals surface area contributed by atoms with Crippen LogP contribution >= 0.6 is 0 Å². The molecule has 3 aromatic rings. The molecule has 2 aromatic heterocycles. The van der Waals surface area contributed by atoms with Crippen LogP contribution in [0.4, 0.5) is 13.2 Å². The van der Waals surface area contributed by atoms with Crippen LogP contribution in [0.25, 0.3) is 5.69 Å². The first-order valence-corrected chi connectivity index (χ1v) is 7.09. The molecule has 1 aromatic carbocycles. The van der Waals surface area contributed by atoms with Crippen molar-refractivity contribution in [3.05, 3.63) is 49.1 Å². The molecular formula is C14H13F3N6O. The lowest BCUT2D eigenvalue weighted by Gasteiger charge is -2.10. The SMILES string of the molecule is FC(F)(F)Oc1ccc(-n2ncnc2CCCn2cncn2)cc1. The Kier molecular flexibility index (Phi) is 4.45. The molecule has 0 bridgehead atoms. The number of nitrogens with zero attached hydrogens (tertiary/aromatic N) is 6. The van der Waals surface area contributed by atoms with Gasteiger partial charge in [-0.25, -0.2) is 14.6 Å². The zero-order valence-corrected chi connectivity index (χ0v) is 12.4. The first-order valence-electron chi connectivity index (χ1n) is 7.09. The Bertz CT molecular complexity index is 767. The number of hydrogen-bond acceptors (Lipinski definition) is 5. The molecule has 10 heteroatoms. The largest absolute Gasteiger partial charge is 0.573 e. The lowest BCUT2D eigenvalue weighted by Crippen LogP contribution is -2.17. The van der Waals surface area contributed by atoms with Gasteiger partial charge in [0, 0.05) is 13.0 Å². The van der Waals surface area contributed by atoms with Crippen molar-refractivity contribution < 1.29 is 17.9 Å². The van der Waals surface area contributed by atoms with Gasteiger partial charge in [0.05, 0.1) is 5.69 Å². The van der Waals surface area contributed by atoms with Gasteiger partial charge in [-0.2, -0.15) is 10.2 Å². The smallest absolute Gasteiger partial charge is 0.406 e. The van der Waals surface area contributed by atoms with Gasteiger partial charge in [0.1, 0.15) is 30.6 Å². The third-order valence-corrected chi connectivity index (χ3v) is 3.19. The van der Waals surface area contributed by atoms with E-state index in [1.165, 1.54) is 36.9 Å². The van der Waals surface area contributed by atoms with Crippen molar-refractivity contribution in [2.75, 3.05) is 0 Å². The van der Waals surface area contributed by atoms with E-state index in [0.717, 1.165) is 6.42 Å². The number of rotatable bonds is 6. The number of aryl methyl sites for hydroxylation is 2. The van der Waals surface area contributed by atoms with Crippen molar-refractivity contribution in [1.29, 1.82) is 0 Å². The molecule has 0 aliphatic heterocycles. The van der Waals surface area contributed by atoms with Gasteiger partial charge >= 0.3 is 6.36 Å². The summed E-state index contributed by atoms with van der Waals surface area (Å²) in [7, 11) is 0. The van der Waals surface area contributed by atoms with Gasteiger partial charge < -0.3 is 4.74 Å². The maximum absolute atomic E-state index is 12.2. The molecule has 0 atom stereocenters. The Morgan fingerprint density at radius 3 is 2.50 bits per heavy atom. The molecule has 0 aliphatic rings. The summed E-state index contributed by atoms with van der Waals surface area (Å²) in [6.45, 7) is 0.686. The second kappa shape index (κ2) is 6.69. The van der Waals surface area contributed by atoms with Crippen LogP contribution < -0.4 is 4.74 Å². The summed E-state index contributed by atoms with van der Waals surface area (Å²) < 4.78 is 43.7. The third-order valence-electron chi connectivity index (χ3n) is 3.19. The van der Waals surface area contributed by atoms with E-state index in [-0.39, 0.29) is 5.75 Å². The van der Waals surface area contributed by atoms with Crippen LogP contribution in [0.2, 0.25) is 0 Å². The van der Waals surface area contributed by atoms with Gasteiger partial charge in [-0.1, -0.05) is 0 Å². The maximum Gasteiger partial charge on any atom is 0.573 e. The fourth-order valence-corrected chi connectivity index (χ4v) is 2.19. The van der Waals surface area contributed by atoms with E-state index >= 15 is 0 Å². The highest BCUT2D eigenvalue weighted by molar-refractivity contribution is 5.37. The minimum absolute atomic E-state index is 0.279. The predicted molar refractivity (Wildman–Crippen MR) is 76.4 cm³/mol. The molecule has 7 nitrogen and oxygen atoms in total. The Labute approximate surface area is 134 Å². The molecule has 0 fully saturated rings. The predicted octanol–water partition coefficient (Wildman–Crippen LogP) is 2.39. The topological polar surface area (TPSA) is 70.7 Å². The molecule has 0 aliphatic carbocycles. The quantitative estimate of drug-likeness (QED) is 0.690. The Morgan fingerprint density at radius 2 is 1.83 bits per heavy atom. The van der Waals surface area contributed by atoms with Gasteiger partial charge in [-0.3, -0.25) is 4.68 Å². The summed E-state index contributed by atoms with van der Waals surface area (Å²) in [5.41, 5.74) is 0.609. The van der Waals surface area contributed by atoms with Crippen LogP contribution in [0, 0.1) is 0 Å². The second-order valence-corrected chi connectivity index (χ2v) is 4.89. The monoisotopic (exact) mass is 338 g/mol. The molecule has 3 rings (SSSR count). The van der Waals surface area contributed by atoms with Crippen molar-refractivity contribution in [3.63, 3.8) is 0 Å². The zero-order valence-electron chi connectivity index (χ0n) is 12.4. The molecular weight excluding hydrogens is 325 g/mol. The highest BCUT2D eigenvalue weighted by Gasteiger charge is 2.31. The van der Waals surface area contributed by atoms with Gasteiger partial charge in [-0.05, 0) is 30.7 Å². The molecule has 0 amide bonds. The van der Waals surface area contributed by atoms with Crippen molar-refractivity contribution in [1.82, 2.24) is 29.5 Å². The van der Waals surface area contributed by atoms with E-state index in [1.807, 2.05) is 0 Å². The lowest BCUT2D eigenvalue weighted by molar-refractivity contribution is -0.274. The second-order valence-electron chi connectivity index (χ2n) is 4.89. The highest BCUT2D eigenvalue weighted by Crippen LogP contribution is 2.23. The van der Waals surface area contributed by atoms with Crippen LogP contribution in [0.1, 0.15) is 12.2 Å². The first-order chi connectivity index (χ1) is 11.5. The highest BCUT2D eigenvalue weighted by atomic mass is 19.4. The molecule has 2 heterocycles. The maximum atomic E-state index is 12.2. The molecule has 0 saturated carbocycles. The van der Waals surface area contributed by atoms with Crippen molar-refractivity contribution >= 4 is 0 Å². The molecule has 0 N–H and O–H groups in total. The molecule has 0 unspecified atom stereocenters. The molecule has 24 heavy (non-hydrogen) atoms. The van der Waals surface area contributed by atoms with Crippen LogP contribution in [0.5, 0.6) is 5.75 Å². The van der Waals surface area contributed by atoms with E-state index in [9.17, 15) is 13.2 Å². The number of halogens is 3. The summed E-state index contributed by atoms with van der Waals surface area (Å²) in [6.07, 6.45) is 1.21. The number of benzene rings is 1.